The number of thioether (sulfide) groups is 1. The second-order valence-electron chi connectivity index (χ2n) is 10.3. The number of benzene rings is 1. The average Bonchev–Trinajstić information content (AvgIpc) is 3.58. The highest BCUT2D eigenvalue weighted by Crippen LogP contribution is 2.66. The van der Waals surface area contributed by atoms with Crippen molar-refractivity contribution in [3.05, 3.63) is 49.6 Å². The number of ether oxygens (including phenoxy) is 1. The molecule has 0 aliphatic carbocycles. The third-order valence-corrected chi connectivity index (χ3v) is 10.3. The molecule has 0 saturated carbocycles. The van der Waals surface area contributed by atoms with Gasteiger partial charge in [0, 0.05) is 42.8 Å². The number of carbonyl (C=O) groups excluding carboxylic acids is 3. The van der Waals surface area contributed by atoms with E-state index in [-0.39, 0.29) is 49.3 Å². The number of esters is 1. The highest BCUT2D eigenvalue weighted by Gasteiger charge is 2.74. The maximum atomic E-state index is 14.4. The molecule has 8 nitrogen and oxygen atoms in total. The summed E-state index contributed by atoms with van der Waals surface area (Å²) in [6.45, 7) is 13.9. The van der Waals surface area contributed by atoms with Crippen LogP contribution in [0.4, 0.5) is 11.4 Å². The highest BCUT2D eigenvalue weighted by atomic mass is 32.2. The van der Waals surface area contributed by atoms with Gasteiger partial charge in [-0.15, -0.1) is 24.9 Å². The van der Waals surface area contributed by atoms with Gasteiger partial charge >= 0.3 is 5.97 Å². The van der Waals surface area contributed by atoms with E-state index in [0.29, 0.717) is 12.8 Å². The van der Waals surface area contributed by atoms with Crippen molar-refractivity contribution in [3.63, 3.8) is 0 Å². The van der Waals surface area contributed by atoms with Crippen LogP contribution in [0.25, 0.3) is 0 Å². The van der Waals surface area contributed by atoms with Crippen molar-refractivity contribution in [2.24, 2.45) is 11.8 Å². The summed E-state index contributed by atoms with van der Waals surface area (Å²) in [6, 6.07) is 7.09. The Kier molecular flexibility index (Phi) is 9.43. The van der Waals surface area contributed by atoms with Gasteiger partial charge < -0.3 is 24.5 Å². The third kappa shape index (κ3) is 5.23. The number of carbonyl (C=O) groups is 3. The minimum absolute atomic E-state index is 0.0443. The number of aliphatic hydroxyl groups is 1. The van der Waals surface area contributed by atoms with Gasteiger partial charge in [-0.2, -0.15) is 0 Å². The summed E-state index contributed by atoms with van der Waals surface area (Å²) in [4.78, 5) is 46.9. The van der Waals surface area contributed by atoms with Gasteiger partial charge in [0.1, 0.15) is 6.04 Å². The number of allylic oxidation sites excluding steroid dienone is 1. The monoisotopic (exact) mass is 555 g/mol. The minimum Gasteiger partial charge on any atom is -0.465 e. The first kappa shape index (κ1) is 29.2. The second kappa shape index (κ2) is 12.6. The number of amides is 2. The number of aliphatic hydroxyl groups excluding tert-OH is 1. The fourth-order valence-electron chi connectivity index (χ4n) is 6.58. The van der Waals surface area contributed by atoms with Crippen LogP contribution in [0.5, 0.6) is 0 Å². The van der Waals surface area contributed by atoms with Crippen LogP contribution in [0, 0.1) is 11.8 Å². The van der Waals surface area contributed by atoms with Crippen LogP contribution in [-0.4, -0.2) is 83.2 Å². The van der Waals surface area contributed by atoms with Crippen molar-refractivity contribution < 1.29 is 24.2 Å². The van der Waals surface area contributed by atoms with Gasteiger partial charge in [0.2, 0.25) is 5.91 Å². The molecule has 1 aromatic rings. The predicted molar refractivity (Wildman–Crippen MR) is 156 cm³/mol. The van der Waals surface area contributed by atoms with Crippen LogP contribution < -0.4 is 9.80 Å². The van der Waals surface area contributed by atoms with Crippen molar-refractivity contribution in [1.29, 1.82) is 0 Å². The number of rotatable bonds is 14. The predicted octanol–water partition coefficient (Wildman–Crippen LogP) is 3.64. The largest absolute Gasteiger partial charge is 0.465 e. The van der Waals surface area contributed by atoms with Gasteiger partial charge in [-0.1, -0.05) is 12.2 Å². The maximum Gasteiger partial charge on any atom is 0.310 e. The molecule has 3 heterocycles. The van der Waals surface area contributed by atoms with E-state index in [9.17, 15) is 19.5 Å². The summed E-state index contributed by atoms with van der Waals surface area (Å²) in [6.07, 6.45) is 6.31. The van der Waals surface area contributed by atoms with Crippen LogP contribution in [0.2, 0.25) is 0 Å². The standard InChI is InChI=1S/C30H41N3O5S/c1-5-9-10-20-38-29(37)24-23-15-16-30(39-23)25(24)27(35)33(18-19-34)26(30)28(36)32(17-6-2)22-13-11-21(12-14-22)31(7-3)8-4/h5-6,11-14,23-26,34H,1-2,7-10,15-20H2,3-4H3/t23-,24+,25+,26?,30?/m1/s1. The molecule has 2 amide bonds. The lowest BCUT2D eigenvalue weighted by molar-refractivity contribution is -0.154. The van der Waals surface area contributed by atoms with E-state index >= 15 is 0 Å². The molecule has 2 bridgehead atoms. The smallest absolute Gasteiger partial charge is 0.310 e. The quantitative estimate of drug-likeness (QED) is 0.213. The lowest BCUT2D eigenvalue weighted by Gasteiger charge is -2.37. The minimum atomic E-state index is -0.780. The summed E-state index contributed by atoms with van der Waals surface area (Å²) in [5.41, 5.74) is 1.80. The molecule has 1 spiro atoms. The van der Waals surface area contributed by atoms with E-state index in [1.54, 1.807) is 28.8 Å². The molecule has 0 aromatic heterocycles. The third-order valence-electron chi connectivity index (χ3n) is 8.31. The Labute approximate surface area is 236 Å². The first-order valence-corrected chi connectivity index (χ1v) is 14.9. The number of hydrogen-bond donors (Lipinski definition) is 1. The molecule has 1 N–H and O–H groups in total. The molecule has 5 atom stereocenters. The van der Waals surface area contributed by atoms with Gasteiger partial charge in [0.05, 0.1) is 29.8 Å². The number of hydrogen-bond acceptors (Lipinski definition) is 7. The van der Waals surface area contributed by atoms with E-state index in [2.05, 4.69) is 31.9 Å². The first-order chi connectivity index (χ1) is 18.9. The normalized spacial score (nSPS) is 26.8. The summed E-state index contributed by atoms with van der Waals surface area (Å²) >= 11 is 1.60. The topological polar surface area (TPSA) is 90.4 Å². The molecule has 4 rings (SSSR count). The number of nitrogens with zero attached hydrogens (tertiary/aromatic N) is 3. The van der Waals surface area contributed by atoms with Crippen molar-refractivity contribution >= 4 is 40.9 Å². The van der Waals surface area contributed by atoms with Crippen LogP contribution in [0.15, 0.2) is 49.6 Å². The first-order valence-electron chi connectivity index (χ1n) is 14.0. The number of fused-ring (bicyclic) bond motifs is 1. The lowest BCUT2D eigenvalue weighted by Crippen LogP contribution is -2.55. The molecular weight excluding hydrogens is 514 g/mol. The molecule has 3 aliphatic heterocycles. The molecule has 0 radical (unpaired) electrons. The van der Waals surface area contributed by atoms with Crippen molar-refractivity contribution in [1.82, 2.24) is 4.90 Å². The number of β-amino-alcohol motifs (C(OH)–C–C–N with tert-alkyl or cyclic N) is 1. The van der Waals surface area contributed by atoms with E-state index < -0.39 is 22.6 Å². The number of unbranched alkanes of at least 4 members (excludes halogenated alkanes) is 1. The lowest BCUT2D eigenvalue weighted by atomic mass is 9.71. The summed E-state index contributed by atoms with van der Waals surface area (Å²) in [5, 5.41) is 9.80. The fraction of sp³-hybridized carbons (Fsp3) is 0.567. The Morgan fingerprint density at radius 2 is 1.87 bits per heavy atom. The molecule has 212 valence electrons. The fourth-order valence-corrected chi connectivity index (χ4v) is 8.78. The van der Waals surface area contributed by atoms with Crippen LogP contribution in [0.3, 0.4) is 0 Å². The Balaban J connectivity index is 1.65. The zero-order valence-electron chi connectivity index (χ0n) is 23.1. The van der Waals surface area contributed by atoms with Gasteiger partial charge in [-0.3, -0.25) is 14.4 Å². The Hall–Kier alpha value is -2.78. The van der Waals surface area contributed by atoms with Crippen molar-refractivity contribution in [3.8, 4) is 0 Å². The Bertz CT molecular complexity index is 1070. The second-order valence-corrected chi connectivity index (χ2v) is 11.9. The molecule has 39 heavy (non-hydrogen) atoms. The van der Waals surface area contributed by atoms with Crippen LogP contribution in [0.1, 0.15) is 39.5 Å². The van der Waals surface area contributed by atoms with E-state index in [1.165, 1.54) is 4.90 Å². The van der Waals surface area contributed by atoms with E-state index in [4.69, 9.17) is 4.74 Å². The maximum absolute atomic E-state index is 14.4. The molecule has 3 saturated heterocycles. The van der Waals surface area contributed by atoms with Crippen molar-refractivity contribution in [2.45, 2.75) is 55.6 Å². The highest BCUT2D eigenvalue weighted by molar-refractivity contribution is 8.02. The molecule has 3 fully saturated rings. The Morgan fingerprint density at radius 1 is 1.18 bits per heavy atom. The summed E-state index contributed by atoms with van der Waals surface area (Å²) in [5.74, 6) is -2.02. The molecule has 9 heteroatoms. The van der Waals surface area contributed by atoms with E-state index in [1.807, 2.05) is 24.3 Å². The molecule has 1 aromatic carbocycles. The van der Waals surface area contributed by atoms with Crippen molar-refractivity contribution in [2.75, 3.05) is 49.2 Å². The number of likely N-dealkylation sites (tertiary alicyclic amines) is 1. The SMILES string of the molecule is C=CCCCOC(=O)[C@@H]1[C@H]2C(=O)N(CCO)C(C(=O)N(CC=C)c3ccc(N(CC)CC)cc3)C23CC[C@H]1S3. The number of anilines is 2. The molecular formula is C30H41N3O5S. The average molecular weight is 556 g/mol. The van der Waals surface area contributed by atoms with E-state index in [0.717, 1.165) is 37.3 Å². The van der Waals surface area contributed by atoms with Gasteiger partial charge in [-0.05, 0) is 63.8 Å². The summed E-state index contributed by atoms with van der Waals surface area (Å²) < 4.78 is 4.87. The van der Waals surface area contributed by atoms with Crippen LogP contribution >= 0.6 is 11.8 Å². The zero-order valence-corrected chi connectivity index (χ0v) is 23.9. The van der Waals surface area contributed by atoms with Gasteiger partial charge in [0.15, 0.2) is 0 Å². The van der Waals surface area contributed by atoms with Gasteiger partial charge in [-0.25, -0.2) is 0 Å². The summed E-state index contributed by atoms with van der Waals surface area (Å²) in [7, 11) is 0. The van der Waals surface area contributed by atoms with Crippen LogP contribution in [-0.2, 0) is 19.1 Å². The molecule has 3 aliphatic rings. The zero-order chi connectivity index (χ0) is 28.2. The molecule has 2 unspecified atom stereocenters. The Morgan fingerprint density at radius 3 is 2.49 bits per heavy atom. The van der Waals surface area contributed by atoms with Gasteiger partial charge in [0.25, 0.3) is 5.91 Å².